The van der Waals surface area contributed by atoms with E-state index in [4.69, 9.17) is 5.11 Å². The Morgan fingerprint density at radius 3 is 2.58 bits per heavy atom. The summed E-state index contributed by atoms with van der Waals surface area (Å²) in [5, 5.41) is 11.7. The number of carboxylic acid groups (broad SMARTS) is 1. The van der Waals surface area contributed by atoms with E-state index in [2.05, 4.69) is 5.32 Å². The second-order valence-corrected chi connectivity index (χ2v) is 5.22. The van der Waals surface area contributed by atoms with Crippen LogP contribution in [0, 0.1) is 6.92 Å². The van der Waals surface area contributed by atoms with Gasteiger partial charge in [-0.25, -0.2) is 4.79 Å². The predicted molar refractivity (Wildman–Crippen MR) is 71.9 cm³/mol. The van der Waals surface area contributed by atoms with E-state index in [1.807, 2.05) is 31.2 Å². The van der Waals surface area contributed by atoms with Crippen molar-refractivity contribution in [2.24, 2.45) is 0 Å². The maximum Gasteiger partial charge on any atom is 0.326 e. The first kappa shape index (κ1) is 13.6. The highest BCUT2D eigenvalue weighted by atomic mass is 16.4. The Labute approximate surface area is 112 Å². The molecule has 1 atom stereocenters. The second-order valence-electron chi connectivity index (χ2n) is 5.22. The number of nitrogens with one attached hydrogen (secondary N) is 1. The van der Waals surface area contributed by atoms with Crippen LogP contribution in [0.5, 0.6) is 0 Å². The molecule has 1 aromatic rings. The molecule has 4 nitrogen and oxygen atoms in total. The van der Waals surface area contributed by atoms with Gasteiger partial charge in [-0.1, -0.05) is 36.8 Å². The minimum absolute atomic E-state index is 0.160. The van der Waals surface area contributed by atoms with Crippen LogP contribution < -0.4 is 5.32 Å². The van der Waals surface area contributed by atoms with Crippen molar-refractivity contribution in [2.75, 3.05) is 0 Å². The van der Waals surface area contributed by atoms with E-state index >= 15 is 0 Å². The molecule has 1 fully saturated rings. The van der Waals surface area contributed by atoms with Crippen LogP contribution in [-0.4, -0.2) is 23.0 Å². The molecular formula is C15H19NO3. The van der Waals surface area contributed by atoms with Gasteiger partial charge in [-0.2, -0.15) is 0 Å². The first-order chi connectivity index (χ1) is 8.99. The lowest BCUT2D eigenvalue weighted by Crippen LogP contribution is -2.45. The number of hydrogen-bond acceptors (Lipinski definition) is 2. The third-order valence-electron chi connectivity index (χ3n) is 3.77. The van der Waals surface area contributed by atoms with E-state index in [0.717, 1.165) is 24.0 Å². The van der Waals surface area contributed by atoms with Crippen molar-refractivity contribution < 1.29 is 14.7 Å². The van der Waals surface area contributed by atoms with E-state index in [1.54, 1.807) is 6.92 Å². The maximum absolute atomic E-state index is 12.3. The fourth-order valence-electron chi connectivity index (χ4n) is 2.35. The van der Waals surface area contributed by atoms with Crippen LogP contribution in [0.15, 0.2) is 24.3 Å². The van der Waals surface area contributed by atoms with Crippen molar-refractivity contribution in [1.29, 1.82) is 0 Å². The van der Waals surface area contributed by atoms with E-state index in [9.17, 15) is 9.59 Å². The quantitative estimate of drug-likeness (QED) is 0.852. The Morgan fingerprint density at radius 1 is 1.42 bits per heavy atom. The summed E-state index contributed by atoms with van der Waals surface area (Å²) < 4.78 is 0. The van der Waals surface area contributed by atoms with Gasteiger partial charge in [0.15, 0.2) is 0 Å². The predicted octanol–water partition coefficient (Wildman–Crippen LogP) is 2.01. The Morgan fingerprint density at radius 2 is 2.11 bits per heavy atom. The van der Waals surface area contributed by atoms with Crippen LogP contribution >= 0.6 is 0 Å². The molecule has 1 aromatic carbocycles. The van der Waals surface area contributed by atoms with Gasteiger partial charge < -0.3 is 10.4 Å². The molecule has 0 radical (unpaired) electrons. The normalized spacial score (nSPS) is 17.6. The fraction of sp³-hybridized carbons (Fsp3) is 0.467. The van der Waals surface area contributed by atoms with Crippen molar-refractivity contribution in [1.82, 2.24) is 5.32 Å². The van der Waals surface area contributed by atoms with Gasteiger partial charge in [0.25, 0.3) is 0 Å². The third kappa shape index (κ3) is 2.62. The number of benzene rings is 1. The summed E-state index contributed by atoms with van der Waals surface area (Å²) in [6, 6.07) is 7.08. The molecule has 1 aliphatic rings. The molecule has 0 spiro atoms. The Hall–Kier alpha value is -1.84. The lowest BCUT2D eigenvalue weighted by molar-refractivity contribution is -0.142. The summed E-state index contributed by atoms with van der Waals surface area (Å²) in [5.41, 5.74) is 1.60. The topological polar surface area (TPSA) is 66.4 Å². The molecule has 102 valence electrons. The van der Waals surface area contributed by atoms with Crippen LogP contribution in [-0.2, 0) is 15.0 Å². The van der Waals surface area contributed by atoms with Crippen molar-refractivity contribution in [3.8, 4) is 0 Å². The van der Waals surface area contributed by atoms with Crippen molar-refractivity contribution in [3.05, 3.63) is 35.4 Å². The highest BCUT2D eigenvalue weighted by Crippen LogP contribution is 2.48. The van der Waals surface area contributed by atoms with E-state index in [0.29, 0.717) is 6.42 Å². The zero-order chi connectivity index (χ0) is 14.0. The number of hydrogen-bond donors (Lipinski definition) is 2. The summed E-state index contributed by atoms with van der Waals surface area (Å²) in [6.45, 7) is 3.74. The van der Waals surface area contributed by atoms with Gasteiger partial charge in [0.05, 0.1) is 5.41 Å². The summed E-state index contributed by atoms with van der Waals surface area (Å²) in [4.78, 5) is 23.3. The number of rotatable bonds is 5. The standard InChI is InChI=1S/C15H19NO3/c1-3-12(13(17)18)16-14(19)15(7-8-15)11-6-4-5-10(2)9-11/h4-6,9,12H,3,7-8H2,1-2H3,(H,16,19)(H,17,18). The van der Waals surface area contributed by atoms with Crippen LogP contribution in [0.25, 0.3) is 0 Å². The molecule has 0 aromatic heterocycles. The van der Waals surface area contributed by atoms with Gasteiger partial charge in [-0.05, 0) is 31.7 Å². The van der Waals surface area contributed by atoms with Gasteiger partial charge >= 0.3 is 5.97 Å². The van der Waals surface area contributed by atoms with Crippen LogP contribution in [0.4, 0.5) is 0 Å². The lowest BCUT2D eigenvalue weighted by Gasteiger charge is -2.19. The molecule has 1 aliphatic carbocycles. The molecule has 0 saturated heterocycles. The van der Waals surface area contributed by atoms with E-state index in [-0.39, 0.29) is 5.91 Å². The largest absolute Gasteiger partial charge is 0.480 e. The van der Waals surface area contributed by atoms with E-state index in [1.165, 1.54) is 0 Å². The first-order valence-corrected chi connectivity index (χ1v) is 6.60. The average Bonchev–Trinajstić information content (AvgIpc) is 3.16. The molecule has 4 heteroatoms. The number of carbonyl (C=O) groups is 2. The monoisotopic (exact) mass is 261 g/mol. The van der Waals surface area contributed by atoms with Crippen LogP contribution in [0.2, 0.25) is 0 Å². The molecule has 1 amide bonds. The Balaban J connectivity index is 2.17. The molecule has 0 aliphatic heterocycles. The van der Waals surface area contributed by atoms with Crippen molar-refractivity contribution in [3.63, 3.8) is 0 Å². The number of carboxylic acids is 1. The van der Waals surface area contributed by atoms with Crippen LogP contribution in [0.3, 0.4) is 0 Å². The Kier molecular flexibility index (Phi) is 3.60. The molecule has 2 N–H and O–H groups in total. The smallest absolute Gasteiger partial charge is 0.326 e. The summed E-state index contributed by atoms with van der Waals surface area (Å²) >= 11 is 0. The maximum atomic E-state index is 12.3. The van der Waals surface area contributed by atoms with Gasteiger partial charge in [-0.15, -0.1) is 0 Å². The van der Waals surface area contributed by atoms with Gasteiger partial charge in [0, 0.05) is 0 Å². The zero-order valence-electron chi connectivity index (χ0n) is 11.3. The van der Waals surface area contributed by atoms with Gasteiger partial charge in [0.2, 0.25) is 5.91 Å². The molecule has 0 bridgehead atoms. The summed E-state index contributed by atoms with van der Waals surface area (Å²) in [5.74, 6) is -1.14. The average molecular weight is 261 g/mol. The molecular weight excluding hydrogens is 242 g/mol. The van der Waals surface area contributed by atoms with Crippen molar-refractivity contribution >= 4 is 11.9 Å². The fourth-order valence-corrected chi connectivity index (χ4v) is 2.35. The highest BCUT2D eigenvalue weighted by Gasteiger charge is 2.51. The van der Waals surface area contributed by atoms with Crippen LogP contribution in [0.1, 0.15) is 37.3 Å². The number of aliphatic carboxylic acids is 1. The number of amides is 1. The molecule has 0 heterocycles. The summed E-state index contributed by atoms with van der Waals surface area (Å²) in [6.07, 6.45) is 1.97. The lowest BCUT2D eigenvalue weighted by atomic mass is 9.93. The minimum atomic E-state index is -0.976. The second kappa shape index (κ2) is 5.03. The first-order valence-electron chi connectivity index (χ1n) is 6.60. The minimum Gasteiger partial charge on any atom is -0.480 e. The molecule has 19 heavy (non-hydrogen) atoms. The molecule has 1 unspecified atom stereocenters. The van der Waals surface area contributed by atoms with E-state index < -0.39 is 17.4 Å². The highest BCUT2D eigenvalue weighted by molar-refractivity contribution is 5.94. The van der Waals surface area contributed by atoms with Gasteiger partial charge in [0.1, 0.15) is 6.04 Å². The van der Waals surface area contributed by atoms with Crippen molar-refractivity contribution in [2.45, 2.75) is 44.6 Å². The van der Waals surface area contributed by atoms with Gasteiger partial charge in [-0.3, -0.25) is 4.79 Å². The summed E-state index contributed by atoms with van der Waals surface area (Å²) in [7, 11) is 0. The molecule has 1 saturated carbocycles. The number of carbonyl (C=O) groups excluding carboxylic acids is 1. The number of aryl methyl sites for hydroxylation is 1. The zero-order valence-corrected chi connectivity index (χ0v) is 11.3. The Bertz CT molecular complexity index is 506. The SMILES string of the molecule is CCC(NC(=O)C1(c2cccc(C)c2)CC1)C(=O)O. The third-order valence-corrected chi connectivity index (χ3v) is 3.77. The molecule has 2 rings (SSSR count).